The average molecular weight is 389 g/mol. The number of halogens is 1. The molecule has 0 bridgehead atoms. The van der Waals surface area contributed by atoms with E-state index < -0.39 is 10.0 Å². The second kappa shape index (κ2) is 8.44. The van der Waals surface area contributed by atoms with Crippen LogP contribution in [0.3, 0.4) is 0 Å². The third kappa shape index (κ3) is 5.13. The van der Waals surface area contributed by atoms with Crippen molar-refractivity contribution in [3.63, 3.8) is 0 Å². The largest absolute Gasteiger partial charge is 0.347 e. The van der Waals surface area contributed by atoms with Gasteiger partial charge in [0.15, 0.2) is 0 Å². The number of nitrogens with zero attached hydrogens (tertiary/aromatic N) is 3. The second-order valence-corrected chi connectivity index (χ2v) is 8.58. The zero-order valence-corrected chi connectivity index (χ0v) is 16.4. The lowest BCUT2D eigenvalue weighted by Crippen LogP contribution is -2.43. The molecule has 1 unspecified atom stereocenters. The summed E-state index contributed by atoms with van der Waals surface area (Å²) in [6.07, 6.45) is 3.74. The van der Waals surface area contributed by atoms with E-state index in [1.807, 2.05) is 0 Å². The third-order valence-electron chi connectivity index (χ3n) is 4.30. The lowest BCUT2D eigenvalue weighted by Gasteiger charge is -2.26. The van der Waals surface area contributed by atoms with Gasteiger partial charge in [0, 0.05) is 33.4 Å². The molecule has 7 nitrogen and oxygen atoms in total. The number of pyridine rings is 1. The van der Waals surface area contributed by atoms with Gasteiger partial charge in [0.1, 0.15) is 10.0 Å². The number of carbonyl (C=O) groups excluding carboxylic acids is 1. The SMILES string of the molecule is Cc1cc(S(=O)(=O)NCCCN2CCCC2C(=O)N(C)C)cnc1Cl. The molecule has 2 heterocycles. The van der Waals surface area contributed by atoms with Crippen molar-refractivity contribution < 1.29 is 13.2 Å². The van der Waals surface area contributed by atoms with Crippen LogP contribution in [0, 0.1) is 6.92 Å². The fraction of sp³-hybridized carbons (Fsp3) is 0.625. The van der Waals surface area contributed by atoms with Gasteiger partial charge in [-0.25, -0.2) is 18.1 Å². The molecule has 1 aliphatic heterocycles. The summed E-state index contributed by atoms with van der Waals surface area (Å²) in [5, 5.41) is 0.296. The fourth-order valence-corrected chi connectivity index (χ4v) is 4.13. The van der Waals surface area contributed by atoms with Crippen LogP contribution < -0.4 is 4.72 Å². The molecule has 1 fully saturated rings. The summed E-state index contributed by atoms with van der Waals surface area (Å²) in [5.74, 6) is 0.112. The third-order valence-corrected chi connectivity index (χ3v) is 6.13. The smallest absolute Gasteiger partial charge is 0.242 e. The lowest BCUT2D eigenvalue weighted by atomic mass is 10.2. The number of amides is 1. The van der Waals surface area contributed by atoms with Gasteiger partial charge in [0.25, 0.3) is 0 Å². The number of rotatable bonds is 7. The highest BCUT2D eigenvalue weighted by Crippen LogP contribution is 2.19. The van der Waals surface area contributed by atoms with Gasteiger partial charge >= 0.3 is 0 Å². The maximum atomic E-state index is 12.3. The summed E-state index contributed by atoms with van der Waals surface area (Å²) in [4.78, 5) is 19.9. The van der Waals surface area contributed by atoms with Crippen LogP contribution in [-0.2, 0) is 14.8 Å². The highest BCUT2D eigenvalue weighted by Gasteiger charge is 2.31. The van der Waals surface area contributed by atoms with Gasteiger partial charge in [-0.2, -0.15) is 0 Å². The number of hydrogen-bond acceptors (Lipinski definition) is 5. The summed E-state index contributed by atoms with van der Waals surface area (Å²) in [5.41, 5.74) is 0.617. The van der Waals surface area contributed by atoms with E-state index in [4.69, 9.17) is 11.6 Å². The molecule has 2 rings (SSSR count). The molecule has 1 amide bonds. The number of aromatic nitrogens is 1. The summed E-state index contributed by atoms with van der Waals surface area (Å²) >= 11 is 5.83. The van der Waals surface area contributed by atoms with Crippen LogP contribution in [-0.4, -0.2) is 68.9 Å². The number of hydrogen-bond donors (Lipinski definition) is 1. The molecule has 25 heavy (non-hydrogen) atoms. The van der Waals surface area contributed by atoms with Crippen LogP contribution >= 0.6 is 11.6 Å². The molecule has 1 aliphatic rings. The Morgan fingerprint density at radius 2 is 2.20 bits per heavy atom. The zero-order valence-electron chi connectivity index (χ0n) is 14.8. The molecular formula is C16H25ClN4O3S. The lowest BCUT2D eigenvalue weighted by molar-refractivity contribution is -0.133. The Morgan fingerprint density at radius 1 is 1.48 bits per heavy atom. The van der Waals surface area contributed by atoms with Crippen LogP contribution in [0.15, 0.2) is 17.2 Å². The molecule has 140 valence electrons. The molecule has 1 atom stereocenters. The quantitative estimate of drug-likeness (QED) is 0.561. The van der Waals surface area contributed by atoms with Gasteiger partial charge < -0.3 is 4.90 Å². The molecule has 1 aromatic rings. The van der Waals surface area contributed by atoms with E-state index in [9.17, 15) is 13.2 Å². The first-order chi connectivity index (χ1) is 11.7. The Kier molecular flexibility index (Phi) is 6.79. The number of likely N-dealkylation sites (tertiary alicyclic amines) is 1. The van der Waals surface area contributed by atoms with Crippen LogP contribution in [0.4, 0.5) is 0 Å². The van der Waals surface area contributed by atoms with E-state index in [-0.39, 0.29) is 16.8 Å². The first kappa shape index (κ1) is 20.1. The van der Waals surface area contributed by atoms with Crippen molar-refractivity contribution >= 4 is 27.5 Å². The predicted molar refractivity (Wildman–Crippen MR) is 97.1 cm³/mol. The van der Waals surface area contributed by atoms with Crippen LogP contribution in [0.25, 0.3) is 0 Å². The maximum absolute atomic E-state index is 12.3. The molecule has 0 saturated carbocycles. The summed E-state index contributed by atoms with van der Waals surface area (Å²) < 4.78 is 27.2. The minimum Gasteiger partial charge on any atom is -0.347 e. The van der Waals surface area contributed by atoms with E-state index >= 15 is 0 Å². The van der Waals surface area contributed by atoms with Crippen molar-refractivity contribution in [2.45, 2.75) is 37.1 Å². The van der Waals surface area contributed by atoms with Gasteiger partial charge in [0.2, 0.25) is 15.9 Å². The van der Waals surface area contributed by atoms with Crippen molar-refractivity contribution in [1.82, 2.24) is 19.5 Å². The molecule has 1 N–H and O–H groups in total. The highest BCUT2D eigenvalue weighted by molar-refractivity contribution is 7.89. The van der Waals surface area contributed by atoms with E-state index in [0.29, 0.717) is 30.2 Å². The normalized spacial score (nSPS) is 18.5. The molecule has 0 spiro atoms. The van der Waals surface area contributed by atoms with E-state index in [2.05, 4.69) is 14.6 Å². The maximum Gasteiger partial charge on any atom is 0.242 e. The van der Waals surface area contributed by atoms with Crippen molar-refractivity contribution in [3.8, 4) is 0 Å². The Labute approximate surface area is 154 Å². The van der Waals surface area contributed by atoms with Gasteiger partial charge in [-0.3, -0.25) is 9.69 Å². The van der Waals surface area contributed by atoms with Gasteiger partial charge in [-0.05, 0) is 44.4 Å². The number of aryl methyl sites for hydroxylation is 1. The minimum absolute atomic E-state index is 0.0882. The Hall–Kier alpha value is -1.22. The van der Waals surface area contributed by atoms with Gasteiger partial charge in [-0.15, -0.1) is 0 Å². The van der Waals surface area contributed by atoms with E-state index in [1.165, 1.54) is 12.3 Å². The first-order valence-electron chi connectivity index (χ1n) is 8.29. The van der Waals surface area contributed by atoms with Crippen LogP contribution in [0.5, 0.6) is 0 Å². The molecule has 9 heteroatoms. The molecule has 1 saturated heterocycles. The predicted octanol–water partition coefficient (Wildman–Crippen LogP) is 1.26. The van der Waals surface area contributed by atoms with Gasteiger partial charge in [-0.1, -0.05) is 11.6 Å². The van der Waals surface area contributed by atoms with E-state index in [0.717, 1.165) is 19.4 Å². The number of sulfonamides is 1. The summed E-state index contributed by atoms with van der Waals surface area (Å²) in [7, 11) is -0.0854. The second-order valence-electron chi connectivity index (χ2n) is 6.46. The minimum atomic E-state index is -3.60. The number of likely N-dealkylation sites (N-methyl/N-ethyl adjacent to an activating group) is 1. The summed E-state index contributed by atoms with van der Waals surface area (Å²) in [6, 6.07) is 1.42. The average Bonchev–Trinajstić information content (AvgIpc) is 3.01. The van der Waals surface area contributed by atoms with Crippen molar-refractivity contribution in [2.75, 3.05) is 33.7 Å². The van der Waals surface area contributed by atoms with Crippen molar-refractivity contribution in [2.24, 2.45) is 0 Å². The highest BCUT2D eigenvalue weighted by atomic mass is 35.5. The van der Waals surface area contributed by atoms with Gasteiger partial charge in [0.05, 0.1) is 6.04 Å². The Bertz CT molecular complexity index is 724. The topological polar surface area (TPSA) is 82.6 Å². The molecule has 0 radical (unpaired) electrons. The standard InChI is InChI=1S/C16H25ClN4O3S/c1-12-10-13(11-18-15(12)17)25(23,24)19-7-5-9-21-8-4-6-14(21)16(22)20(2)3/h10-11,14,19H,4-9H2,1-3H3. The monoisotopic (exact) mass is 388 g/mol. The van der Waals surface area contributed by atoms with Crippen molar-refractivity contribution in [3.05, 3.63) is 23.0 Å². The molecule has 0 aliphatic carbocycles. The van der Waals surface area contributed by atoms with Crippen molar-refractivity contribution in [1.29, 1.82) is 0 Å². The Balaban J connectivity index is 1.85. The first-order valence-corrected chi connectivity index (χ1v) is 10.2. The number of nitrogens with one attached hydrogen (secondary N) is 1. The zero-order chi connectivity index (χ0) is 18.6. The molecular weight excluding hydrogens is 364 g/mol. The Morgan fingerprint density at radius 3 is 2.84 bits per heavy atom. The fourth-order valence-electron chi connectivity index (χ4n) is 2.92. The molecule has 0 aromatic carbocycles. The molecule has 1 aromatic heterocycles. The van der Waals surface area contributed by atoms with E-state index in [1.54, 1.807) is 25.9 Å². The van der Waals surface area contributed by atoms with Crippen LogP contribution in [0.2, 0.25) is 5.15 Å². The number of carbonyl (C=O) groups is 1. The van der Waals surface area contributed by atoms with Crippen LogP contribution in [0.1, 0.15) is 24.8 Å². The summed E-state index contributed by atoms with van der Waals surface area (Å²) in [6.45, 7) is 3.58.